The minimum Gasteiger partial charge on any atom is -0.497 e. The predicted molar refractivity (Wildman–Crippen MR) is 81.0 cm³/mol. The van der Waals surface area contributed by atoms with Crippen LogP contribution in [-0.2, 0) is 6.42 Å². The fourth-order valence-corrected chi connectivity index (χ4v) is 2.80. The maximum Gasteiger partial charge on any atom is 0.152 e. The number of ether oxygens (including phenoxy) is 1. The number of aromatic nitrogens is 2. The van der Waals surface area contributed by atoms with Crippen molar-refractivity contribution in [1.29, 1.82) is 0 Å². The number of hydrogen-bond donors (Lipinski definition) is 2. The summed E-state index contributed by atoms with van der Waals surface area (Å²) in [5.74, 6) is 7.78. The third kappa shape index (κ3) is 2.43. The third-order valence-corrected chi connectivity index (χ3v) is 3.84. The SMILES string of the molecule is COc1ccc(Cc2nc(NN)c3ccsc3n2)cc1. The van der Waals surface area contributed by atoms with Gasteiger partial charge in [0.2, 0.25) is 0 Å². The smallest absolute Gasteiger partial charge is 0.152 e. The molecule has 0 saturated carbocycles. The van der Waals surface area contributed by atoms with Crippen molar-refractivity contribution in [3.8, 4) is 5.75 Å². The molecule has 0 aliphatic carbocycles. The number of thiophene rings is 1. The van der Waals surface area contributed by atoms with E-state index in [1.807, 2.05) is 35.7 Å². The van der Waals surface area contributed by atoms with E-state index in [2.05, 4.69) is 15.4 Å². The van der Waals surface area contributed by atoms with Crippen LogP contribution in [0.25, 0.3) is 10.2 Å². The van der Waals surface area contributed by atoms with E-state index < -0.39 is 0 Å². The number of methoxy groups -OCH3 is 1. The second-order valence-corrected chi connectivity index (χ2v) is 5.19. The number of nitrogens with two attached hydrogens (primary N) is 1. The summed E-state index contributed by atoms with van der Waals surface area (Å²) in [7, 11) is 1.65. The Morgan fingerprint density at radius 3 is 2.70 bits per heavy atom. The van der Waals surface area contributed by atoms with Crippen molar-refractivity contribution in [2.45, 2.75) is 6.42 Å². The van der Waals surface area contributed by atoms with Crippen molar-refractivity contribution in [2.24, 2.45) is 5.84 Å². The first-order valence-corrected chi connectivity index (χ1v) is 7.02. The second-order valence-electron chi connectivity index (χ2n) is 4.30. The summed E-state index contributed by atoms with van der Waals surface area (Å²) in [5.41, 5.74) is 3.77. The Bertz CT molecular complexity index is 724. The van der Waals surface area contributed by atoms with E-state index in [4.69, 9.17) is 10.6 Å². The van der Waals surface area contributed by atoms with E-state index in [0.29, 0.717) is 12.2 Å². The largest absolute Gasteiger partial charge is 0.497 e. The Labute approximate surface area is 120 Å². The number of benzene rings is 1. The third-order valence-electron chi connectivity index (χ3n) is 3.03. The summed E-state index contributed by atoms with van der Waals surface area (Å²) >= 11 is 1.58. The van der Waals surface area contributed by atoms with Crippen molar-refractivity contribution >= 4 is 27.4 Å². The van der Waals surface area contributed by atoms with Crippen LogP contribution in [0.5, 0.6) is 5.75 Å². The van der Waals surface area contributed by atoms with Gasteiger partial charge < -0.3 is 10.2 Å². The molecule has 0 atom stereocenters. The molecule has 0 radical (unpaired) electrons. The van der Waals surface area contributed by atoms with Gasteiger partial charge in [0.15, 0.2) is 5.82 Å². The van der Waals surface area contributed by atoms with Crippen molar-refractivity contribution in [3.05, 3.63) is 47.1 Å². The first-order chi connectivity index (χ1) is 9.80. The molecule has 0 aliphatic rings. The second kappa shape index (κ2) is 5.44. The number of hydrogen-bond acceptors (Lipinski definition) is 6. The molecule has 3 rings (SSSR count). The van der Waals surface area contributed by atoms with Crippen LogP contribution in [-0.4, -0.2) is 17.1 Å². The van der Waals surface area contributed by atoms with Gasteiger partial charge in [-0.25, -0.2) is 15.8 Å². The summed E-state index contributed by atoms with van der Waals surface area (Å²) in [4.78, 5) is 9.96. The van der Waals surface area contributed by atoms with E-state index in [1.165, 1.54) is 0 Å². The van der Waals surface area contributed by atoms with Gasteiger partial charge in [-0.05, 0) is 29.1 Å². The first-order valence-electron chi connectivity index (χ1n) is 6.14. The number of rotatable bonds is 4. The van der Waals surface area contributed by atoms with E-state index in [0.717, 1.165) is 27.4 Å². The molecule has 0 spiro atoms. The topological polar surface area (TPSA) is 73.1 Å². The highest BCUT2D eigenvalue weighted by atomic mass is 32.1. The lowest BCUT2D eigenvalue weighted by atomic mass is 10.1. The lowest BCUT2D eigenvalue weighted by molar-refractivity contribution is 0.414. The monoisotopic (exact) mass is 286 g/mol. The summed E-state index contributed by atoms with van der Waals surface area (Å²) in [6.45, 7) is 0. The Balaban J connectivity index is 1.93. The molecule has 0 bridgehead atoms. The van der Waals surface area contributed by atoms with Crippen LogP contribution in [0, 0.1) is 0 Å². The van der Waals surface area contributed by atoms with Gasteiger partial charge in [-0.15, -0.1) is 11.3 Å². The summed E-state index contributed by atoms with van der Waals surface area (Å²) < 4.78 is 5.15. The maximum atomic E-state index is 5.52. The van der Waals surface area contributed by atoms with Gasteiger partial charge in [0, 0.05) is 6.42 Å². The molecule has 5 nitrogen and oxygen atoms in total. The molecule has 2 heterocycles. The molecular formula is C14H14N4OS. The van der Waals surface area contributed by atoms with Gasteiger partial charge in [-0.1, -0.05) is 12.1 Å². The lowest BCUT2D eigenvalue weighted by Crippen LogP contribution is -2.10. The molecular weight excluding hydrogens is 272 g/mol. The molecule has 0 aliphatic heterocycles. The standard InChI is InChI=1S/C14H14N4OS/c1-19-10-4-2-9(3-5-10)8-12-16-13(18-15)11-6-7-20-14(11)17-12/h2-7H,8,15H2,1H3,(H,16,17,18). The van der Waals surface area contributed by atoms with Crippen molar-refractivity contribution < 1.29 is 4.74 Å². The number of nitrogens with zero attached hydrogens (tertiary/aromatic N) is 2. The van der Waals surface area contributed by atoms with E-state index >= 15 is 0 Å². The minimum atomic E-state index is 0.659. The summed E-state index contributed by atoms with van der Waals surface area (Å²) in [5, 5.41) is 2.94. The Kier molecular flexibility index (Phi) is 3.49. The molecule has 0 unspecified atom stereocenters. The van der Waals surface area contributed by atoms with Gasteiger partial charge >= 0.3 is 0 Å². The molecule has 1 aromatic carbocycles. The van der Waals surface area contributed by atoms with Crippen LogP contribution in [0.15, 0.2) is 35.7 Å². The molecule has 0 fully saturated rings. The van der Waals surface area contributed by atoms with Crippen LogP contribution in [0.2, 0.25) is 0 Å². The molecule has 3 aromatic rings. The van der Waals surface area contributed by atoms with Gasteiger partial charge in [0.05, 0.1) is 12.5 Å². The van der Waals surface area contributed by atoms with E-state index in [9.17, 15) is 0 Å². The average Bonchev–Trinajstić information content (AvgIpc) is 2.95. The zero-order chi connectivity index (χ0) is 13.9. The Morgan fingerprint density at radius 2 is 2.00 bits per heavy atom. The van der Waals surface area contributed by atoms with Gasteiger partial charge in [0.1, 0.15) is 16.4 Å². The van der Waals surface area contributed by atoms with E-state index in [1.54, 1.807) is 18.4 Å². The number of nitrogen functional groups attached to an aromatic ring is 1. The van der Waals surface area contributed by atoms with Crippen LogP contribution in [0.3, 0.4) is 0 Å². The van der Waals surface area contributed by atoms with Crippen LogP contribution in [0.4, 0.5) is 5.82 Å². The average molecular weight is 286 g/mol. The highest BCUT2D eigenvalue weighted by Gasteiger charge is 2.08. The lowest BCUT2D eigenvalue weighted by Gasteiger charge is -2.06. The highest BCUT2D eigenvalue weighted by molar-refractivity contribution is 7.16. The van der Waals surface area contributed by atoms with Crippen LogP contribution in [0.1, 0.15) is 11.4 Å². The zero-order valence-corrected chi connectivity index (χ0v) is 11.8. The number of anilines is 1. The van der Waals surface area contributed by atoms with Crippen LogP contribution >= 0.6 is 11.3 Å². The van der Waals surface area contributed by atoms with Gasteiger partial charge in [0.25, 0.3) is 0 Å². The number of nitrogens with one attached hydrogen (secondary N) is 1. The Hall–Kier alpha value is -2.18. The van der Waals surface area contributed by atoms with Crippen molar-refractivity contribution in [3.63, 3.8) is 0 Å². The maximum absolute atomic E-state index is 5.52. The zero-order valence-electron chi connectivity index (χ0n) is 11.0. The highest BCUT2D eigenvalue weighted by Crippen LogP contribution is 2.25. The normalized spacial score (nSPS) is 10.7. The molecule has 6 heteroatoms. The summed E-state index contributed by atoms with van der Waals surface area (Å²) in [6.07, 6.45) is 0.659. The van der Waals surface area contributed by atoms with Gasteiger partial charge in [-0.3, -0.25) is 0 Å². The van der Waals surface area contributed by atoms with Crippen molar-refractivity contribution in [1.82, 2.24) is 9.97 Å². The minimum absolute atomic E-state index is 0.659. The number of hydrazine groups is 1. The Morgan fingerprint density at radius 1 is 1.20 bits per heavy atom. The molecule has 0 amide bonds. The fraction of sp³-hybridized carbons (Fsp3) is 0.143. The molecule has 20 heavy (non-hydrogen) atoms. The molecule has 3 N–H and O–H groups in total. The first kappa shape index (κ1) is 12.8. The molecule has 102 valence electrons. The molecule has 2 aromatic heterocycles. The van der Waals surface area contributed by atoms with E-state index in [-0.39, 0.29) is 0 Å². The van der Waals surface area contributed by atoms with Crippen molar-refractivity contribution in [2.75, 3.05) is 12.5 Å². The predicted octanol–water partition coefficient (Wildman–Crippen LogP) is 2.58. The summed E-state index contributed by atoms with van der Waals surface area (Å²) in [6, 6.07) is 9.85. The quantitative estimate of drug-likeness (QED) is 0.569. The molecule has 0 saturated heterocycles. The fourth-order valence-electron chi connectivity index (χ4n) is 2.01. The van der Waals surface area contributed by atoms with Crippen LogP contribution < -0.4 is 16.0 Å². The van der Waals surface area contributed by atoms with Gasteiger partial charge in [-0.2, -0.15) is 0 Å². The number of fused-ring (bicyclic) bond motifs is 1.